The number of pyridine rings is 1. The normalized spacial score (nSPS) is 14.5. The third-order valence-corrected chi connectivity index (χ3v) is 4.33. The first-order valence-corrected chi connectivity index (χ1v) is 7.85. The van der Waals surface area contributed by atoms with E-state index in [2.05, 4.69) is 39.5 Å². The summed E-state index contributed by atoms with van der Waals surface area (Å²) in [5, 5.41) is 4.13. The summed E-state index contributed by atoms with van der Waals surface area (Å²) < 4.78 is 0. The van der Waals surface area contributed by atoms with Gasteiger partial charge in [0.05, 0.1) is 10.0 Å². The van der Waals surface area contributed by atoms with Crippen LogP contribution in [0.2, 0.25) is 10.0 Å². The minimum Gasteiger partial charge on any atom is -0.372 e. The number of anilines is 3. The van der Waals surface area contributed by atoms with Gasteiger partial charge >= 0.3 is 0 Å². The molecule has 0 unspecified atom stereocenters. The Bertz CT molecular complexity index is 658. The van der Waals surface area contributed by atoms with Gasteiger partial charge in [0.15, 0.2) is 5.82 Å². The first kappa shape index (κ1) is 14.5. The van der Waals surface area contributed by atoms with Crippen LogP contribution in [0.15, 0.2) is 30.3 Å². The fourth-order valence-electron chi connectivity index (χ4n) is 2.73. The lowest BCUT2D eigenvalue weighted by Crippen LogP contribution is -2.20. The number of hydrogen-bond acceptors (Lipinski definition) is 3. The van der Waals surface area contributed by atoms with Gasteiger partial charge in [0.2, 0.25) is 0 Å². The lowest BCUT2D eigenvalue weighted by molar-refractivity contribution is 0.758. The number of benzene rings is 1. The van der Waals surface area contributed by atoms with E-state index in [1.165, 1.54) is 17.7 Å². The molecule has 1 aromatic heterocycles. The number of halogens is 2. The average molecular weight is 322 g/mol. The Hall–Kier alpha value is -1.45. The number of aromatic nitrogens is 1. The summed E-state index contributed by atoms with van der Waals surface area (Å²) >= 11 is 12.5. The van der Waals surface area contributed by atoms with Gasteiger partial charge in [-0.3, -0.25) is 0 Å². The summed E-state index contributed by atoms with van der Waals surface area (Å²) in [5.41, 5.74) is 2.53. The van der Waals surface area contributed by atoms with Gasteiger partial charge in [-0.15, -0.1) is 0 Å². The quantitative estimate of drug-likeness (QED) is 0.852. The van der Waals surface area contributed by atoms with E-state index in [9.17, 15) is 0 Å². The molecule has 2 aromatic rings. The Labute approximate surface area is 134 Å². The second kappa shape index (κ2) is 6.12. The SMILES string of the molecule is CNc1nc(N2CCCCc3ccccc32)c(Cl)cc1Cl. The maximum absolute atomic E-state index is 6.40. The van der Waals surface area contributed by atoms with Crippen LogP contribution >= 0.6 is 23.2 Å². The van der Waals surface area contributed by atoms with Gasteiger partial charge in [0, 0.05) is 19.3 Å². The molecule has 3 rings (SSSR count). The van der Waals surface area contributed by atoms with E-state index >= 15 is 0 Å². The molecule has 1 aromatic carbocycles. The van der Waals surface area contributed by atoms with E-state index in [1.54, 1.807) is 6.07 Å². The number of nitrogens with zero attached hydrogens (tertiary/aromatic N) is 2. The molecule has 0 bridgehead atoms. The highest BCUT2D eigenvalue weighted by molar-refractivity contribution is 6.37. The van der Waals surface area contributed by atoms with Crippen molar-refractivity contribution in [2.45, 2.75) is 19.3 Å². The molecule has 0 saturated carbocycles. The summed E-state index contributed by atoms with van der Waals surface area (Å²) in [6.07, 6.45) is 3.39. The summed E-state index contributed by atoms with van der Waals surface area (Å²) in [4.78, 5) is 6.80. The molecular weight excluding hydrogens is 305 g/mol. The van der Waals surface area contributed by atoms with Crippen LogP contribution in [0, 0.1) is 0 Å². The van der Waals surface area contributed by atoms with Crippen LogP contribution in [-0.2, 0) is 6.42 Å². The van der Waals surface area contributed by atoms with E-state index < -0.39 is 0 Å². The highest BCUT2D eigenvalue weighted by Crippen LogP contribution is 2.38. The molecule has 0 atom stereocenters. The second-order valence-electron chi connectivity index (χ2n) is 5.11. The van der Waals surface area contributed by atoms with Crippen molar-refractivity contribution >= 4 is 40.5 Å². The zero-order valence-electron chi connectivity index (χ0n) is 11.9. The molecule has 2 heterocycles. The Morgan fingerprint density at radius 2 is 1.95 bits per heavy atom. The maximum atomic E-state index is 6.40. The average Bonchev–Trinajstić information content (AvgIpc) is 2.70. The predicted octanol–water partition coefficient (Wildman–Crippen LogP) is 4.90. The fourth-order valence-corrected chi connectivity index (χ4v) is 3.29. The molecule has 1 aliphatic heterocycles. The molecule has 0 fully saturated rings. The zero-order valence-corrected chi connectivity index (χ0v) is 13.4. The van der Waals surface area contributed by atoms with Gasteiger partial charge in [0.1, 0.15) is 5.82 Å². The number of para-hydroxylation sites is 1. The number of nitrogens with one attached hydrogen (secondary N) is 1. The fraction of sp³-hybridized carbons (Fsp3) is 0.312. The Balaban J connectivity index is 2.12. The highest BCUT2D eigenvalue weighted by atomic mass is 35.5. The van der Waals surface area contributed by atoms with Crippen LogP contribution in [-0.4, -0.2) is 18.6 Å². The summed E-state index contributed by atoms with van der Waals surface area (Å²) in [5.74, 6) is 1.41. The minimum atomic E-state index is 0.536. The molecule has 0 saturated heterocycles. The van der Waals surface area contributed by atoms with E-state index in [4.69, 9.17) is 23.2 Å². The van der Waals surface area contributed by atoms with E-state index in [0.717, 1.165) is 25.2 Å². The first-order valence-electron chi connectivity index (χ1n) is 7.10. The Kier molecular flexibility index (Phi) is 4.22. The lowest BCUT2D eigenvalue weighted by atomic mass is 10.1. The lowest BCUT2D eigenvalue weighted by Gasteiger charge is -2.25. The number of aryl methyl sites for hydroxylation is 1. The van der Waals surface area contributed by atoms with Crippen LogP contribution < -0.4 is 10.2 Å². The molecule has 5 heteroatoms. The molecule has 1 N–H and O–H groups in total. The summed E-state index contributed by atoms with van der Waals surface area (Å²) in [6, 6.07) is 10.2. The van der Waals surface area contributed by atoms with E-state index in [0.29, 0.717) is 15.9 Å². The van der Waals surface area contributed by atoms with Gasteiger partial charge in [-0.25, -0.2) is 4.98 Å². The number of hydrogen-bond donors (Lipinski definition) is 1. The second-order valence-corrected chi connectivity index (χ2v) is 5.93. The van der Waals surface area contributed by atoms with E-state index in [1.807, 2.05) is 7.05 Å². The standard InChI is InChI=1S/C16H17Cl2N3/c1-19-15-12(17)10-13(18)16(20-15)21-9-5-4-7-11-6-2-3-8-14(11)21/h2-3,6,8,10H,4-5,7,9H2,1H3,(H,19,20). The van der Waals surface area contributed by atoms with Crippen molar-refractivity contribution in [1.82, 2.24) is 4.98 Å². The van der Waals surface area contributed by atoms with Crippen molar-refractivity contribution in [1.29, 1.82) is 0 Å². The summed E-state index contributed by atoms with van der Waals surface area (Å²) in [6.45, 7) is 0.911. The van der Waals surface area contributed by atoms with Crippen molar-refractivity contribution < 1.29 is 0 Å². The molecule has 0 radical (unpaired) electrons. The largest absolute Gasteiger partial charge is 0.372 e. The van der Waals surface area contributed by atoms with Crippen molar-refractivity contribution in [3.63, 3.8) is 0 Å². The van der Waals surface area contributed by atoms with Gasteiger partial charge in [-0.1, -0.05) is 41.4 Å². The molecule has 0 amide bonds. The molecule has 110 valence electrons. The molecule has 3 nitrogen and oxygen atoms in total. The van der Waals surface area contributed by atoms with Crippen molar-refractivity contribution in [3.05, 3.63) is 45.9 Å². The Morgan fingerprint density at radius 1 is 1.14 bits per heavy atom. The number of fused-ring (bicyclic) bond motifs is 1. The molecule has 0 aliphatic carbocycles. The summed E-state index contributed by atoms with van der Waals surface area (Å²) in [7, 11) is 1.81. The van der Waals surface area contributed by atoms with Gasteiger partial charge in [0.25, 0.3) is 0 Å². The monoisotopic (exact) mass is 321 g/mol. The first-order chi connectivity index (χ1) is 10.2. The van der Waals surface area contributed by atoms with Gasteiger partial charge < -0.3 is 10.2 Å². The minimum absolute atomic E-state index is 0.536. The van der Waals surface area contributed by atoms with Crippen LogP contribution in [0.1, 0.15) is 18.4 Å². The van der Waals surface area contributed by atoms with Crippen LogP contribution in [0.4, 0.5) is 17.3 Å². The zero-order chi connectivity index (χ0) is 14.8. The van der Waals surface area contributed by atoms with Gasteiger partial charge in [-0.05, 0) is 37.0 Å². The molecular formula is C16H17Cl2N3. The Morgan fingerprint density at radius 3 is 2.76 bits per heavy atom. The van der Waals surface area contributed by atoms with Crippen LogP contribution in [0.5, 0.6) is 0 Å². The smallest absolute Gasteiger partial charge is 0.154 e. The number of rotatable bonds is 2. The maximum Gasteiger partial charge on any atom is 0.154 e. The van der Waals surface area contributed by atoms with E-state index in [-0.39, 0.29) is 0 Å². The third kappa shape index (κ3) is 2.81. The highest BCUT2D eigenvalue weighted by Gasteiger charge is 2.21. The molecule has 21 heavy (non-hydrogen) atoms. The van der Waals surface area contributed by atoms with Crippen molar-refractivity contribution in [2.75, 3.05) is 23.8 Å². The van der Waals surface area contributed by atoms with Gasteiger partial charge in [-0.2, -0.15) is 0 Å². The molecule has 0 spiro atoms. The van der Waals surface area contributed by atoms with Crippen molar-refractivity contribution in [3.8, 4) is 0 Å². The topological polar surface area (TPSA) is 28.2 Å². The third-order valence-electron chi connectivity index (χ3n) is 3.76. The van der Waals surface area contributed by atoms with Crippen LogP contribution in [0.3, 0.4) is 0 Å². The molecule has 1 aliphatic rings. The predicted molar refractivity (Wildman–Crippen MR) is 90.2 cm³/mol. The van der Waals surface area contributed by atoms with Crippen LogP contribution in [0.25, 0.3) is 0 Å². The van der Waals surface area contributed by atoms with Crippen molar-refractivity contribution in [2.24, 2.45) is 0 Å².